The highest BCUT2D eigenvalue weighted by Gasteiger charge is 2.29. The van der Waals surface area contributed by atoms with Crippen molar-refractivity contribution in [3.8, 4) is 11.8 Å². The van der Waals surface area contributed by atoms with E-state index < -0.39 is 18.2 Å². The number of aromatic nitrogens is 1. The fourth-order valence-corrected chi connectivity index (χ4v) is 1.36. The molecule has 7 nitrogen and oxygen atoms in total. The second kappa shape index (κ2) is 6.18. The summed E-state index contributed by atoms with van der Waals surface area (Å²) in [4.78, 5) is 15.1. The van der Waals surface area contributed by atoms with Crippen molar-refractivity contribution < 1.29 is 29.2 Å². The van der Waals surface area contributed by atoms with E-state index in [0.717, 1.165) is 7.11 Å². The van der Waals surface area contributed by atoms with E-state index in [9.17, 15) is 15.0 Å². The van der Waals surface area contributed by atoms with Crippen molar-refractivity contribution in [2.24, 2.45) is 0 Å². The van der Waals surface area contributed by atoms with Crippen molar-refractivity contribution in [3.05, 3.63) is 17.7 Å². The second-order valence-electron chi connectivity index (χ2n) is 3.36. The Hall–Kier alpha value is -1.86. The highest BCUT2D eigenvalue weighted by Crippen LogP contribution is 2.28. The van der Waals surface area contributed by atoms with E-state index in [1.165, 1.54) is 26.4 Å². The molecule has 2 atom stereocenters. The van der Waals surface area contributed by atoms with E-state index in [-0.39, 0.29) is 17.3 Å². The molecule has 0 saturated heterocycles. The molecule has 1 heterocycles. The third-order valence-corrected chi connectivity index (χ3v) is 2.33. The summed E-state index contributed by atoms with van der Waals surface area (Å²) in [6.07, 6.45) is -3.20. The van der Waals surface area contributed by atoms with Crippen LogP contribution in [0.25, 0.3) is 0 Å². The first-order valence-electron chi connectivity index (χ1n) is 5.08. The lowest BCUT2D eigenvalue weighted by atomic mass is 10.1. The maximum atomic E-state index is 11.1. The lowest BCUT2D eigenvalue weighted by Gasteiger charge is -2.18. The summed E-state index contributed by atoms with van der Waals surface area (Å²) < 4.78 is 14.2. The minimum absolute atomic E-state index is 0.0600. The van der Waals surface area contributed by atoms with Gasteiger partial charge in [0, 0.05) is 11.6 Å². The van der Waals surface area contributed by atoms with Gasteiger partial charge in [-0.05, 0) is 6.07 Å². The molecule has 0 bridgehead atoms. The number of hydrogen-bond donors (Lipinski definition) is 2. The SMILES string of the molecule is COC(=O)C(O)C(O)c1ccc(OC)nc1OC. The average molecular weight is 257 g/mol. The van der Waals surface area contributed by atoms with Gasteiger partial charge in [0.25, 0.3) is 0 Å². The summed E-state index contributed by atoms with van der Waals surface area (Å²) in [5, 5.41) is 19.4. The summed E-state index contributed by atoms with van der Waals surface area (Å²) in [5.41, 5.74) is 0.163. The Morgan fingerprint density at radius 2 is 1.89 bits per heavy atom. The molecule has 1 rings (SSSR count). The van der Waals surface area contributed by atoms with Crippen molar-refractivity contribution in [1.82, 2.24) is 4.98 Å². The zero-order chi connectivity index (χ0) is 13.7. The zero-order valence-corrected chi connectivity index (χ0v) is 10.3. The van der Waals surface area contributed by atoms with Crippen LogP contribution in [0.2, 0.25) is 0 Å². The molecular formula is C11H15NO6. The Labute approximate surface area is 104 Å². The van der Waals surface area contributed by atoms with Crippen molar-refractivity contribution in [2.75, 3.05) is 21.3 Å². The fourth-order valence-electron chi connectivity index (χ4n) is 1.36. The molecule has 0 saturated carbocycles. The maximum Gasteiger partial charge on any atom is 0.337 e. The van der Waals surface area contributed by atoms with Crippen LogP contribution in [-0.4, -0.2) is 48.6 Å². The van der Waals surface area contributed by atoms with Crippen LogP contribution in [0.3, 0.4) is 0 Å². The number of aliphatic hydroxyl groups excluding tert-OH is 2. The molecular weight excluding hydrogens is 242 g/mol. The predicted octanol–water partition coefficient (Wildman–Crippen LogP) is -0.334. The van der Waals surface area contributed by atoms with Crippen LogP contribution in [0.1, 0.15) is 11.7 Å². The number of esters is 1. The standard InChI is InChI=1S/C11H15NO6/c1-16-7-5-4-6(10(12-7)17-2)8(13)9(14)11(15)18-3/h4-5,8-9,13-14H,1-3H3. The molecule has 0 spiro atoms. The molecule has 0 aromatic carbocycles. The average Bonchev–Trinajstić information content (AvgIpc) is 2.43. The van der Waals surface area contributed by atoms with Gasteiger partial charge < -0.3 is 24.4 Å². The van der Waals surface area contributed by atoms with Gasteiger partial charge in [-0.25, -0.2) is 4.79 Å². The van der Waals surface area contributed by atoms with Crippen LogP contribution in [0.5, 0.6) is 11.8 Å². The molecule has 0 aliphatic rings. The minimum atomic E-state index is -1.71. The van der Waals surface area contributed by atoms with Crippen LogP contribution in [0.4, 0.5) is 0 Å². The number of ether oxygens (including phenoxy) is 3. The summed E-state index contributed by atoms with van der Waals surface area (Å²) in [6.45, 7) is 0. The largest absolute Gasteiger partial charge is 0.481 e. The Morgan fingerprint density at radius 1 is 1.22 bits per heavy atom. The molecule has 1 aromatic heterocycles. The molecule has 0 radical (unpaired) electrons. The zero-order valence-electron chi connectivity index (χ0n) is 10.3. The number of pyridine rings is 1. The summed E-state index contributed by atoms with van der Waals surface area (Å²) >= 11 is 0. The highest BCUT2D eigenvalue weighted by molar-refractivity contribution is 5.75. The third kappa shape index (κ3) is 2.88. The van der Waals surface area contributed by atoms with Crippen LogP contribution < -0.4 is 9.47 Å². The van der Waals surface area contributed by atoms with Gasteiger partial charge >= 0.3 is 5.97 Å². The molecule has 1 aromatic rings. The smallest absolute Gasteiger partial charge is 0.337 e. The van der Waals surface area contributed by atoms with Gasteiger partial charge in [-0.2, -0.15) is 4.98 Å². The van der Waals surface area contributed by atoms with E-state index in [2.05, 4.69) is 9.72 Å². The summed E-state index contributed by atoms with van der Waals surface area (Å²) in [5.74, 6) is -0.597. The van der Waals surface area contributed by atoms with Gasteiger partial charge in [-0.15, -0.1) is 0 Å². The lowest BCUT2D eigenvalue weighted by molar-refractivity contribution is -0.156. The number of aliphatic hydroxyl groups is 2. The molecule has 7 heteroatoms. The number of carbonyl (C=O) groups is 1. The first kappa shape index (κ1) is 14.2. The molecule has 0 fully saturated rings. The van der Waals surface area contributed by atoms with Gasteiger partial charge in [-0.3, -0.25) is 0 Å². The monoisotopic (exact) mass is 257 g/mol. The molecule has 2 unspecified atom stereocenters. The van der Waals surface area contributed by atoms with E-state index in [1.54, 1.807) is 0 Å². The number of methoxy groups -OCH3 is 3. The predicted molar refractivity (Wildman–Crippen MR) is 60.3 cm³/mol. The number of hydrogen-bond acceptors (Lipinski definition) is 7. The number of nitrogens with zero attached hydrogens (tertiary/aromatic N) is 1. The van der Waals surface area contributed by atoms with Crippen molar-refractivity contribution >= 4 is 5.97 Å². The maximum absolute atomic E-state index is 11.1. The summed E-state index contributed by atoms with van der Waals surface area (Å²) in [6, 6.07) is 2.92. The molecule has 100 valence electrons. The minimum Gasteiger partial charge on any atom is -0.481 e. The number of carbonyl (C=O) groups excluding carboxylic acids is 1. The topological polar surface area (TPSA) is 98.1 Å². The summed E-state index contributed by atoms with van der Waals surface area (Å²) in [7, 11) is 3.89. The van der Waals surface area contributed by atoms with Gasteiger partial charge in [0.15, 0.2) is 6.10 Å². The third-order valence-electron chi connectivity index (χ3n) is 2.33. The van der Waals surface area contributed by atoms with Crippen LogP contribution in [0.15, 0.2) is 12.1 Å². The Morgan fingerprint density at radius 3 is 2.39 bits per heavy atom. The molecule has 0 aliphatic carbocycles. The molecule has 0 amide bonds. The highest BCUT2D eigenvalue weighted by atomic mass is 16.5. The van der Waals surface area contributed by atoms with Crippen LogP contribution in [0, 0.1) is 0 Å². The molecule has 2 N–H and O–H groups in total. The van der Waals surface area contributed by atoms with E-state index >= 15 is 0 Å². The van der Waals surface area contributed by atoms with Gasteiger partial charge in [0.2, 0.25) is 11.8 Å². The van der Waals surface area contributed by atoms with Crippen molar-refractivity contribution in [1.29, 1.82) is 0 Å². The molecule has 18 heavy (non-hydrogen) atoms. The van der Waals surface area contributed by atoms with E-state index in [0.29, 0.717) is 0 Å². The second-order valence-corrected chi connectivity index (χ2v) is 3.36. The van der Waals surface area contributed by atoms with Crippen LogP contribution >= 0.6 is 0 Å². The first-order valence-corrected chi connectivity index (χ1v) is 5.08. The van der Waals surface area contributed by atoms with Gasteiger partial charge in [-0.1, -0.05) is 0 Å². The fraction of sp³-hybridized carbons (Fsp3) is 0.455. The molecule has 0 aliphatic heterocycles. The van der Waals surface area contributed by atoms with Gasteiger partial charge in [0.1, 0.15) is 6.10 Å². The Balaban J connectivity index is 3.04. The first-order chi connectivity index (χ1) is 8.54. The normalized spacial score (nSPS) is 13.6. The van der Waals surface area contributed by atoms with Crippen LogP contribution in [-0.2, 0) is 9.53 Å². The Bertz CT molecular complexity index is 422. The van der Waals surface area contributed by atoms with Crippen molar-refractivity contribution in [3.63, 3.8) is 0 Å². The van der Waals surface area contributed by atoms with E-state index in [4.69, 9.17) is 9.47 Å². The Kier molecular flexibility index (Phi) is 4.87. The number of rotatable bonds is 5. The van der Waals surface area contributed by atoms with E-state index in [1.807, 2.05) is 0 Å². The lowest BCUT2D eigenvalue weighted by Crippen LogP contribution is -2.29. The van der Waals surface area contributed by atoms with Crippen molar-refractivity contribution in [2.45, 2.75) is 12.2 Å². The quantitative estimate of drug-likeness (QED) is 0.696. The van der Waals surface area contributed by atoms with Gasteiger partial charge in [0.05, 0.1) is 21.3 Å².